The lowest BCUT2D eigenvalue weighted by Gasteiger charge is -2.19. The molecule has 0 spiro atoms. The first-order valence-corrected chi connectivity index (χ1v) is 8.17. The van der Waals surface area contributed by atoms with Crippen LogP contribution in [0.5, 0.6) is 0 Å². The zero-order valence-corrected chi connectivity index (χ0v) is 13.5. The van der Waals surface area contributed by atoms with Crippen LogP contribution in [0.25, 0.3) is 0 Å². The summed E-state index contributed by atoms with van der Waals surface area (Å²) < 4.78 is 0. The predicted molar refractivity (Wildman–Crippen MR) is 91.8 cm³/mol. The quantitative estimate of drug-likeness (QED) is 0.943. The van der Waals surface area contributed by atoms with Gasteiger partial charge in [0.2, 0.25) is 5.95 Å². The number of nitrogens with one attached hydrogen (secondary N) is 1. The minimum absolute atomic E-state index is 0.182. The van der Waals surface area contributed by atoms with Crippen LogP contribution in [0.1, 0.15) is 41.6 Å². The van der Waals surface area contributed by atoms with Crippen molar-refractivity contribution in [2.24, 2.45) is 0 Å². The Morgan fingerprint density at radius 2 is 1.78 bits per heavy atom. The smallest absolute Gasteiger partial charge is 0.258 e. The maximum atomic E-state index is 12.3. The standard InChI is InChI=1S/C18H22N4O/c1-14-7-6-8-16(11-14)21-17(23)15-12-19-18(20-13-15)22-9-4-2-3-5-10-22/h6-8,11-13H,2-5,9-10H2,1H3,(H,21,23). The van der Waals surface area contributed by atoms with Crippen molar-refractivity contribution >= 4 is 17.5 Å². The van der Waals surface area contributed by atoms with Crippen LogP contribution in [0.15, 0.2) is 36.7 Å². The Morgan fingerprint density at radius 1 is 1.09 bits per heavy atom. The highest BCUT2D eigenvalue weighted by molar-refractivity contribution is 6.03. The summed E-state index contributed by atoms with van der Waals surface area (Å²) >= 11 is 0. The molecule has 5 nitrogen and oxygen atoms in total. The monoisotopic (exact) mass is 310 g/mol. The van der Waals surface area contributed by atoms with Crippen molar-refractivity contribution in [1.29, 1.82) is 0 Å². The number of nitrogens with zero attached hydrogens (tertiary/aromatic N) is 3. The molecule has 1 fully saturated rings. The third kappa shape index (κ3) is 4.06. The fraction of sp³-hybridized carbons (Fsp3) is 0.389. The number of benzene rings is 1. The van der Waals surface area contributed by atoms with Gasteiger partial charge in [-0.05, 0) is 37.5 Å². The molecule has 0 aliphatic carbocycles. The molecule has 2 aromatic rings. The van der Waals surface area contributed by atoms with E-state index in [1.165, 1.54) is 25.7 Å². The van der Waals surface area contributed by atoms with E-state index in [1.54, 1.807) is 12.4 Å². The van der Waals surface area contributed by atoms with E-state index in [1.807, 2.05) is 31.2 Å². The molecule has 0 saturated carbocycles. The largest absolute Gasteiger partial charge is 0.341 e. The van der Waals surface area contributed by atoms with E-state index in [0.717, 1.165) is 30.3 Å². The van der Waals surface area contributed by atoms with Crippen LogP contribution in [0.4, 0.5) is 11.6 Å². The molecule has 1 amide bonds. The maximum absolute atomic E-state index is 12.3. The first kappa shape index (κ1) is 15.5. The van der Waals surface area contributed by atoms with E-state index in [2.05, 4.69) is 20.2 Å². The van der Waals surface area contributed by atoms with Gasteiger partial charge in [0.1, 0.15) is 0 Å². The lowest BCUT2D eigenvalue weighted by atomic mass is 10.2. The highest BCUT2D eigenvalue weighted by Gasteiger charge is 2.13. The Bertz CT molecular complexity index is 661. The van der Waals surface area contributed by atoms with Crippen LogP contribution < -0.4 is 10.2 Å². The van der Waals surface area contributed by atoms with Crippen LogP contribution in [0.3, 0.4) is 0 Å². The highest BCUT2D eigenvalue weighted by Crippen LogP contribution is 2.16. The summed E-state index contributed by atoms with van der Waals surface area (Å²) in [6.07, 6.45) is 8.12. The summed E-state index contributed by atoms with van der Waals surface area (Å²) in [6.45, 7) is 3.98. The highest BCUT2D eigenvalue weighted by atomic mass is 16.1. The molecular weight excluding hydrogens is 288 g/mol. The predicted octanol–water partition coefficient (Wildman–Crippen LogP) is 3.42. The molecule has 2 heterocycles. The number of anilines is 2. The Morgan fingerprint density at radius 3 is 2.43 bits per heavy atom. The second-order valence-electron chi connectivity index (χ2n) is 6.00. The van der Waals surface area contributed by atoms with E-state index in [9.17, 15) is 4.79 Å². The molecule has 1 aromatic carbocycles. The third-order valence-corrected chi connectivity index (χ3v) is 4.07. The molecule has 1 aliphatic rings. The molecule has 23 heavy (non-hydrogen) atoms. The number of aryl methyl sites for hydroxylation is 1. The normalized spacial score (nSPS) is 15.1. The second kappa shape index (κ2) is 7.22. The molecule has 0 radical (unpaired) electrons. The van der Waals surface area contributed by atoms with Gasteiger partial charge in [-0.3, -0.25) is 4.79 Å². The first-order valence-electron chi connectivity index (χ1n) is 8.17. The van der Waals surface area contributed by atoms with Crippen LogP contribution >= 0.6 is 0 Å². The number of amides is 1. The fourth-order valence-electron chi connectivity index (χ4n) is 2.80. The summed E-state index contributed by atoms with van der Waals surface area (Å²) in [6, 6.07) is 7.72. The van der Waals surface area contributed by atoms with Crippen LogP contribution in [-0.4, -0.2) is 29.0 Å². The molecule has 5 heteroatoms. The average molecular weight is 310 g/mol. The summed E-state index contributed by atoms with van der Waals surface area (Å²) in [7, 11) is 0. The van der Waals surface area contributed by atoms with Gasteiger partial charge in [-0.2, -0.15) is 0 Å². The topological polar surface area (TPSA) is 58.1 Å². The lowest BCUT2D eigenvalue weighted by molar-refractivity contribution is 0.102. The first-order chi connectivity index (χ1) is 11.2. The Balaban J connectivity index is 1.67. The Kier molecular flexibility index (Phi) is 4.86. The van der Waals surface area contributed by atoms with Gasteiger partial charge >= 0.3 is 0 Å². The Labute approximate surface area is 136 Å². The van der Waals surface area contributed by atoms with E-state index < -0.39 is 0 Å². The van der Waals surface area contributed by atoms with Gasteiger partial charge in [-0.15, -0.1) is 0 Å². The van der Waals surface area contributed by atoms with Crippen LogP contribution in [0.2, 0.25) is 0 Å². The molecule has 0 bridgehead atoms. The van der Waals surface area contributed by atoms with Gasteiger partial charge in [-0.1, -0.05) is 25.0 Å². The van der Waals surface area contributed by atoms with Gasteiger partial charge in [0.25, 0.3) is 5.91 Å². The second-order valence-corrected chi connectivity index (χ2v) is 6.00. The van der Waals surface area contributed by atoms with Crippen LogP contribution in [0, 0.1) is 6.92 Å². The number of carbonyl (C=O) groups is 1. The minimum atomic E-state index is -0.182. The molecule has 1 saturated heterocycles. The van der Waals surface area contributed by atoms with Crippen molar-refractivity contribution in [2.45, 2.75) is 32.6 Å². The van der Waals surface area contributed by atoms with Gasteiger partial charge in [0.05, 0.1) is 5.56 Å². The van der Waals surface area contributed by atoms with Crippen molar-refractivity contribution in [1.82, 2.24) is 9.97 Å². The van der Waals surface area contributed by atoms with Crippen molar-refractivity contribution in [3.8, 4) is 0 Å². The molecule has 120 valence electrons. The molecule has 1 N–H and O–H groups in total. The summed E-state index contributed by atoms with van der Waals surface area (Å²) in [4.78, 5) is 23.2. The molecule has 0 unspecified atom stereocenters. The number of hydrogen-bond acceptors (Lipinski definition) is 4. The van der Waals surface area contributed by atoms with Gasteiger partial charge in [0.15, 0.2) is 0 Å². The zero-order chi connectivity index (χ0) is 16.1. The molecule has 3 rings (SSSR count). The molecule has 1 aromatic heterocycles. The van der Waals surface area contributed by atoms with E-state index in [0.29, 0.717) is 5.56 Å². The summed E-state index contributed by atoms with van der Waals surface area (Å²) in [5, 5.41) is 2.88. The summed E-state index contributed by atoms with van der Waals surface area (Å²) in [5.41, 5.74) is 2.37. The van der Waals surface area contributed by atoms with Gasteiger partial charge in [-0.25, -0.2) is 9.97 Å². The molecule has 1 aliphatic heterocycles. The van der Waals surface area contributed by atoms with Crippen LogP contribution in [-0.2, 0) is 0 Å². The Hall–Kier alpha value is -2.43. The number of aromatic nitrogens is 2. The van der Waals surface area contributed by atoms with Gasteiger partial charge in [0, 0.05) is 31.2 Å². The van der Waals surface area contributed by atoms with E-state index in [-0.39, 0.29) is 5.91 Å². The maximum Gasteiger partial charge on any atom is 0.258 e. The number of carbonyl (C=O) groups excluding carboxylic acids is 1. The van der Waals surface area contributed by atoms with E-state index in [4.69, 9.17) is 0 Å². The number of hydrogen-bond donors (Lipinski definition) is 1. The minimum Gasteiger partial charge on any atom is -0.341 e. The van der Waals surface area contributed by atoms with Gasteiger partial charge < -0.3 is 10.2 Å². The zero-order valence-electron chi connectivity index (χ0n) is 13.5. The summed E-state index contributed by atoms with van der Waals surface area (Å²) in [5.74, 6) is 0.539. The van der Waals surface area contributed by atoms with Crippen molar-refractivity contribution in [2.75, 3.05) is 23.3 Å². The van der Waals surface area contributed by atoms with Crippen molar-refractivity contribution in [3.63, 3.8) is 0 Å². The van der Waals surface area contributed by atoms with Crippen molar-refractivity contribution in [3.05, 3.63) is 47.8 Å². The fourth-order valence-corrected chi connectivity index (χ4v) is 2.80. The number of rotatable bonds is 3. The molecular formula is C18H22N4O. The molecule has 0 atom stereocenters. The third-order valence-electron chi connectivity index (χ3n) is 4.07. The van der Waals surface area contributed by atoms with E-state index >= 15 is 0 Å². The SMILES string of the molecule is Cc1cccc(NC(=O)c2cnc(N3CCCCCC3)nc2)c1. The lowest BCUT2D eigenvalue weighted by Crippen LogP contribution is -2.26. The van der Waals surface area contributed by atoms with Crippen molar-refractivity contribution < 1.29 is 4.79 Å². The average Bonchev–Trinajstić information content (AvgIpc) is 2.84.